The van der Waals surface area contributed by atoms with Crippen molar-refractivity contribution in [3.63, 3.8) is 0 Å². The lowest BCUT2D eigenvalue weighted by Gasteiger charge is -2.18. The van der Waals surface area contributed by atoms with E-state index in [2.05, 4.69) is 15.6 Å². The van der Waals surface area contributed by atoms with Gasteiger partial charge in [-0.3, -0.25) is 9.78 Å². The van der Waals surface area contributed by atoms with E-state index in [0.29, 0.717) is 19.5 Å². The van der Waals surface area contributed by atoms with Crippen LogP contribution in [0.4, 0.5) is 5.69 Å². The van der Waals surface area contributed by atoms with Gasteiger partial charge in [-0.05, 0) is 42.8 Å². The summed E-state index contributed by atoms with van der Waals surface area (Å²) in [5, 5.41) is 16.5. The van der Waals surface area contributed by atoms with Crippen molar-refractivity contribution in [3.8, 4) is 0 Å². The summed E-state index contributed by atoms with van der Waals surface area (Å²) in [4.78, 5) is 17.2. The lowest BCUT2D eigenvalue weighted by molar-refractivity contribution is -0.117. The number of nitrogens with one attached hydrogen (secondary N) is 2. The number of aliphatic hydroxyl groups excluding tert-OH is 1. The number of aliphatic hydroxyl groups is 1. The van der Waals surface area contributed by atoms with E-state index in [0.717, 1.165) is 16.9 Å². The Balaban J connectivity index is 1.58. The van der Waals surface area contributed by atoms with Crippen LogP contribution in [0.2, 0.25) is 0 Å². The molecule has 0 radical (unpaired) electrons. The zero-order chi connectivity index (χ0) is 19.6. The number of para-hydroxylation sites is 1. The first-order valence-corrected chi connectivity index (χ1v) is 9.44. The SMILES string of the molecule is O=C(Nc1ccccc1)C(CCNCC(O)c1ccccc1)c1ccccn1. The number of hydrogen-bond acceptors (Lipinski definition) is 4. The molecule has 5 heteroatoms. The van der Waals surface area contributed by atoms with E-state index in [-0.39, 0.29) is 11.8 Å². The number of carbonyl (C=O) groups excluding carboxylic acids is 1. The maximum Gasteiger partial charge on any atom is 0.233 e. The third kappa shape index (κ3) is 5.74. The molecule has 1 aromatic heterocycles. The Kier molecular flexibility index (Phi) is 7.29. The summed E-state index contributed by atoms with van der Waals surface area (Å²) in [7, 11) is 0. The molecule has 3 N–H and O–H groups in total. The van der Waals surface area contributed by atoms with Crippen LogP contribution in [-0.4, -0.2) is 29.1 Å². The molecule has 0 aliphatic rings. The van der Waals surface area contributed by atoms with E-state index in [1.54, 1.807) is 6.20 Å². The number of rotatable bonds is 9. The zero-order valence-electron chi connectivity index (χ0n) is 15.7. The van der Waals surface area contributed by atoms with Gasteiger partial charge >= 0.3 is 0 Å². The van der Waals surface area contributed by atoms with Gasteiger partial charge in [0.1, 0.15) is 0 Å². The van der Waals surface area contributed by atoms with Crippen LogP contribution in [0.1, 0.15) is 29.7 Å². The van der Waals surface area contributed by atoms with Crippen molar-refractivity contribution < 1.29 is 9.90 Å². The van der Waals surface area contributed by atoms with Crippen molar-refractivity contribution in [2.45, 2.75) is 18.4 Å². The van der Waals surface area contributed by atoms with Crippen LogP contribution in [0, 0.1) is 0 Å². The van der Waals surface area contributed by atoms with Crippen molar-refractivity contribution in [3.05, 3.63) is 96.3 Å². The number of pyridine rings is 1. The Morgan fingerprint density at radius 2 is 1.61 bits per heavy atom. The largest absolute Gasteiger partial charge is 0.387 e. The van der Waals surface area contributed by atoms with E-state index in [4.69, 9.17) is 0 Å². The fraction of sp³-hybridized carbons (Fsp3) is 0.217. The van der Waals surface area contributed by atoms with Gasteiger partial charge in [0.25, 0.3) is 0 Å². The van der Waals surface area contributed by atoms with Gasteiger partial charge in [-0.2, -0.15) is 0 Å². The van der Waals surface area contributed by atoms with Gasteiger partial charge in [-0.15, -0.1) is 0 Å². The molecule has 2 atom stereocenters. The Morgan fingerprint density at radius 1 is 0.929 bits per heavy atom. The Hall–Kier alpha value is -3.02. The normalized spacial score (nSPS) is 12.9. The molecule has 28 heavy (non-hydrogen) atoms. The zero-order valence-corrected chi connectivity index (χ0v) is 15.7. The number of benzene rings is 2. The monoisotopic (exact) mass is 375 g/mol. The minimum Gasteiger partial charge on any atom is -0.387 e. The van der Waals surface area contributed by atoms with Gasteiger partial charge < -0.3 is 15.7 Å². The molecule has 0 saturated carbocycles. The molecule has 5 nitrogen and oxygen atoms in total. The van der Waals surface area contributed by atoms with Crippen molar-refractivity contribution in [1.29, 1.82) is 0 Å². The van der Waals surface area contributed by atoms with Crippen LogP contribution < -0.4 is 10.6 Å². The second kappa shape index (κ2) is 10.3. The maximum absolute atomic E-state index is 12.8. The third-order valence-electron chi connectivity index (χ3n) is 4.53. The van der Waals surface area contributed by atoms with E-state index in [1.807, 2.05) is 78.9 Å². The molecule has 0 saturated heterocycles. The molecule has 0 bridgehead atoms. The van der Waals surface area contributed by atoms with Gasteiger partial charge in [-0.1, -0.05) is 54.6 Å². The lowest BCUT2D eigenvalue weighted by Crippen LogP contribution is -2.28. The van der Waals surface area contributed by atoms with Gasteiger partial charge in [-0.25, -0.2) is 0 Å². The average molecular weight is 375 g/mol. The van der Waals surface area contributed by atoms with Gasteiger partial charge in [0.2, 0.25) is 5.91 Å². The highest BCUT2D eigenvalue weighted by Crippen LogP contribution is 2.20. The summed E-state index contributed by atoms with van der Waals surface area (Å²) in [6.07, 6.45) is 1.70. The Bertz CT molecular complexity index is 841. The fourth-order valence-corrected chi connectivity index (χ4v) is 3.02. The molecule has 3 rings (SSSR count). The molecule has 3 aromatic rings. The minimum absolute atomic E-state index is 0.0877. The van der Waals surface area contributed by atoms with Crippen LogP contribution >= 0.6 is 0 Å². The molecule has 1 amide bonds. The molecule has 2 unspecified atom stereocenters. The maximum atomic E-state index is 12.8. The molecule has 1 heterocycles. The molecule has 0 aliphatic carbocycles. The van der Waals surface area contributed by atoms with Gasteiger partial charge in [0.05, 0.1) is 17.7 Å². The number of nitrogens with zero attached hydrogens (tertiary/aromatic N) is 1. The van der Waals surface area contributed by atoms with E-state index in [9.17, 15) is 9.90 Å². The van der Waals surface area contributed by atoms with E-state index in [1.165, 1.54) is 0 Å². The molecular formula is C23H25N3O2. The predicted molar refractivity (Wildman–Crippen MR) is 111 cm³/mol. The van der Waals surface area contributed by atoms with E-state index >= 15 is 0 Å². The summed E-state index contributed by atoms with van der Waals surface area (Å²) in [6, 6.07) is 24.5. The van der Waals surface area contributed by atoms with Crippen molar-refractivity contribution in [2.75, 3.05) is 18.4 Å². The van der Waals surface area contributed by atoms with Gasteiger partial charge in [0, 0.05) is 18.4 Å². The summed E-state index contributed by atoms with van der Waals surface area (Å²) in [6.45, 7) is 1.02. The molecular weight excluding hydrogens is 350 g/mol. The number of hydrogen-bond donors (Lipinski definition) is 3. The molecule has 0 fully saturated rings. The van der Waals surface area contributed by atoms with Crippen molar-refractivity contribution in [2.24, 2.45) is 0 Å². The summed E-state index contributed by atoms with van der Waals surface area (Å²) >= 11 is 0. The number of amides is 1. The highest BCUT2D eigenvalue weighted by molar-refractivity contribution is 5.95. The molecule has 144 valence electrons. The topological polar surface area (TPSA) is 74.2 Å². The number of anilines is 1. The second-order valence-electron chi connectivity index (χ2n) is 6.58. The second-order valence-corrected chi connectivity index (χ2v) is 6.58. The van der Waals surface area contributed by atoms with Crippen LogP contribution in [-0.2, 0) is 4.79 Å². The first-order valence-electron chi connectivity index (χ1n) is 9.44. The molecule has 2 aromatic carbocycles. The Labute approximate surface area is 165 Å². The van der Waals surface area contributed by atoms with E-state index < -0.39 is 6.10 Å². The Morgan fingerprint density at radius 3 is 2.29 bits per heavy atom. The van der Waals surface area contributed by atoms with Crippen LogP contribution in [0.5, 0.6) is 0 Å². The quantitative estimate of drug-likeness (QED) is 0.500. The molecule has 0 aliphatic heterocycles. The van der Waals surface area contributed by atoms with Gasteiger partial charge in [0.15, 0.2) is 0 Å². The first kappa shape index (κ1) is 19.7. The minimum atomic E-state index is -0.576. The predicted octanol–water partition coefficient (Wildman–Crippen LogP) is 3.52. The summed E-state index contributed by atoms with van der Waals surface area (Å²) < 4.78 is 0. The molecule has 0 spiro atoms. The highest BCUT2D eigenvalue weighted by Gasteiger charge is 2.21. The third-order valence-corrected chi connectivity index (χ3v) is 4.53. The smallest absolute Gasteiger partial charge is 0.233 e. The standard InChI is InChI=1S/C23H25N3O2/c27-22(18-9-3-1-4-10-18)17-24-16-14-20(21-13-7-8-15-25-21)23(28)26-19-11-5-2-6-12-19/h1-13,15,20,22,24,27H,14,16-17H2,(H,26,28). The van der Waals surface area contributed by atoms with Crippen LogP contribution in [0.3, 0.4) is 0 Å². The fourth-order valence-electron chi connectivity index (χ4n) is 3.02. The lowest BCUT2D eigenvalue weighted by atomic mass is 9.99. The van der Waals surface area contributed by atoms with Crippen LogP contribution in [0.15, 0.2) is 85.1 Å². The summed E-state index contributed by atoms with van der Waals surface area (Å²) in [5.74, 6) is -0.460. The average Bonchev–Trinajstić information content (AvgIpc) is 2.75. The first-order chi connectivity index (χ1) is 13.7. The van der Waals surface area contributed by atoms with Crippen molar-refractivity contribution >= 4 is 11.6 Å². The summed E-state index contributed by atoms with van der Waals surface area (Å²) in [5.41, 5.74) is 2.38. The highest BCUT2D eigenvalue weighted by atomic mass is 16.3. The van der Waals surface area contributed by atoms with Crippen LogP contribution in [0.25, 0.3) is 0 Å². The van der Waals surface area contributed by atoms with Crippen molar-refractivity contribution in [1.82, 2.24) is 10.3 Å². The number of aromatic nitrogens is 1. The number of carbonyl (C=O) groups is 1.